The molecule has 1 heterocycles. The number of amides is 2. The number of carboxylic acid groups (broad SMARTS) is 1. The molecule has 1 aliphatic rings. The molecular weight excluding hydrogens is 278 g/mol. The van der Waals surface area contributed by atoms with E-state index in [0.29, 0.717) is 24.9 Å². The number of para-hydroxylation sites is 1. The number of likely N-dealkylation sites (tertiary alicyclic amines) is 1. The van der Waals surface area contributed by atoms with Gasteiger partial charge in [0.25, 0.3) is 5.69 Å². The summed E-state index contributed by atoms with van der Waals surface area (Å²) in [4.78, 5) is 34.6. The van der Waals surface area contributed by atoms with Gasteiger partial charge in [-0.15, -0.1) is 0 Å². The zero-order valence-electron chi connectivity index (χ0n) is 11.2. The molecular formula is C13H15N3O5. The van der Waals surface area contributed by atoms with Crippen molar-refractivity contribution in [3.8, 4) is 0 Å². The molecule has 2 amide bonds. The van der Waals surface area contributed by atoms with Crippen molar-refractivity contribution >= 4 is 17.7 Å². The van der Waals surface area contributed by atoms with Crippen molar-refractivity contribution in [3.05, 3.63) is 39.9 Å². The normalized spacial score (nSPS) is 17.5. The van der Waals surface area contributed by atoms with E-state index in [1.165, 1.54) is 11.0 Å². The minimum absolute atomic E-state index is 0.0151. The third-order valence-electron chi connectivity index (χ3n) is 3.42. The lowest BCUT2D eigenvalue weighted by molar-refractivity contribution is -0.385. The smallest absolute Gasteiger partial charge is 0.326 e. The van der Waals surface area contributed by atoms with Crippen LogP contribution in [0.4, 0.5) is 10.5 Å². The molecule has 112 valence electrons. The Labute approximate surface area is 120 Å². The molecule has 0 aromatic heterocycles. The summed E-state index contributed by atoms with van der Waals surface area (Å²) >= 11 is 0. The van der Waals surface area contributed by atoms with E-state index in [0.717, 1.165) is 0 Å². The van der Waals surface area contributed by atoms with Crippen LogP contribution in [0.1, 0.15) is 18.4 Å². The number of hydrogen-bond donors (Lipinski definition) is 2. The molecule has 0 bridgehead atoms. The molecule has 0 radical (unpaired) electrons. The van der Waals surface area contributed by atoms with Crippen molar-refractivity contribution in [1.29, 1.82) is 0 Å². The van der Waals surface area contributed by atoms with Crippen molar-refractivity contribution in [2.75, 3.05) is 6.54 Å². The number of carbonyl (C=O) groups is 2. The maximum atomic E-state index is 12.0. The van der Waals surface area contributed by atoms with Crippen LogP contribution >= 0.6 is 0 Å². The van der Waals surface area contributed by atoms with Crippen molar-refractivity contribution in [2.24, 2.45) is 0 Å². The van der Waals surface area contributed by atoms with Crippen LogP contribution in [0, 0.1) is 10.1 Å². The standard InChI is InChI=1S/C13H15N3O5/c17-12(18)11-6-3-7-15(11)13(19)14-8-9-4-1-2-5-10(9)16(20)21/h1-2,4-5,11H,3,6-8H2,(H,14,19)(H,17,18)/t11-/m0/s1. The van der Waals surface area contributed by atoms with Gasteiger partial charge < -0.3 is 15.3 Å². The van der Waals surface area contributed by atoms with Gasteiger partial charge in [0.15, 0.2) is 0 Å². The fourth-order valence-corrected chi connectivity index (χ4v) is 2.38. The average Bonchev–Trinajstić information content (AvgIpc) is 2.94. The number of aliphatic carboxylic acids is 1. The zero-order chi connectivity index (χ0) is 15.4. The van der Waals surface area contributed by atoms with Gasteiger partial charge in [-0.25, -0.2) is 9.59 Å². The van der Waals surface area contributed by atoms with Crippen LogP contribution in [0.25, 0.3) is 0 Å². The predicted molar refractivity (Wildman–Crippen MR) is 72.7 cm³/mol. The summed E-state index contributed by atoms with van der Waals surface area (Å²) in [5.74, 6) is -1.03. The highest BCUT2D eigenvalue weighted by atomic mass is 16.6. The van der Waals surface area contributed by atoms with Gasteiger partial charge in [0.05, 0.1) is 11.5 Å². The highest BCUT2D eigenvalue weighted by Crippen LogP contribution is 2.19. The number of nitro groups is 1. The maximum Gasteiger partial charge on any atom is 0.326 e. The molecule has 8 nitrogen and oxygen atoms in total. The third kappa shape index (κ3) is 3.28. The molecule has 1 atom stereocenters. The molecule has 2 N–H and O–H groups in total. The Hall–Kier alpha value is -2.64. The second-order valence-electron chi connectivity index (χ2n) is 4.73. The second-order valence-corrected chi connectivity index (χ2v) is 4.73. The highest BCUT2D eigenvalue weighted by Gasteiger charge is 2.33. The monoisotopic (exact) mass is 293 g/mol. The molecule has 2 rings (SSSR count). The second kappa shape index (κ2) is 6.21. The van der Waals surface area contributed by atoms with Gasteiger partial charge in [-0.3, -0.25) is 10.1 Å². The number of carbonyl (C=O) groups excluding carboxylic acids is 1. The number of rotatable bonds is 4. The molecule has 21 heavy (non-hydrogen) atoms. The highest BCUT2D eigenvalue weighted by molar-refractivity contribution is 5.83. The Bertz CT molecular complexity index is 575. The molecule has 0 aliphatic carbocycles. The minimum atomic E-state index is -1.03. The van der Waals surface area contributed by atoms with E-state index >= 15 is 0 Å². The topological polar surface area (TPSA) is 113 Å². The molecule has 1 aromatic carbocycles. The number of benzene rings is 1. The molecule has 1 aromatic rings. The molecule has 1 fully saturated rings. The Kier molecular flexibility index (Phi) is 4.36. The SMILES string of the molecule is O=C(O)[C@@H]1CCCN1C(=O)NCc1ccccc1[N+](=O)[O-]. The number of hydrogen-bond acceptors (Lipinski definition) is 4. The molecule has 0 saturated carbocycles. The van der Waals surface area contributed by atoms with E-state index in [1.54, 1.807) is 18.2 Å². The van der Waals surface area contributed by atoms with E-state index in [2.05, 4.69) is 5.32 Å². The number of nitro benzene ring substituents is 1. The van der Waals surface area contributed by atoms with E-state index in [9.17, 15) is 19.7 Å². The molecule has 0 unspecified atom stereocenters. The van der Waals surface area contributed by atoms with Gasteiger partial charge in [-0.2, -0.15) is 0 Å². The zero-order valence-corrected chi connectivity index (χ0v) is 11.2. The molecule has 0 spiro atoms. The number of nitrogens with zero attached hydrogens (tertiary/aromatic N) is 2. The fourth-order valence-electron chi connectivity index (χ4n) is 2.38. The number of carboxylic acids is 1. The van der Waals surface area contributed by atoms with E-state index in [-0.39, 0.29) is 12.2 Å². The first kappa shape index (κ1) is 14.8. The van der Waals surface area contributed by atoms with Crippen LogP contribution in [0.2, 0.25) is 0 Å². The summed E-state index contributed by atoms with van der Waals surface area (Å²) in [5.41, 5.74) is 0.302. The molecule has 1 aliphatic heterocycles. The lowest BCUT2D eigenvalue weighted by atomic mass is 10.2. The summed E-state index contributed by atoms with van der Waals surface area (Å²) in [6.45, 7) is 0.360. The Morgan fingerprint density at radius 1 is 1.43 bits per heavy atom. The predicted octanol–water partition coefficient (Wildman–Crippen LogP) is 1.35. The lowest BCUT2D eigenvalue weighted by Gasteiger charge is -2.21. The van der Waals surface area contributed by atoms with Crippen molar-refractivity contribution < 1.29 is 19.6 Å². The van der Waals surface area contributed by atoms with Crippen LogP contribution in [-0.2, 0) is 11.3 Å². The Morgan fingerprint density at radius 2 is 2.14 bits per heavy atom. The van der Waals surface area contributed by atoms with Crippen molar-refractivity contribution in [1.82, 2.24) is 10.2 Å². The largest absolute Gasteiger partial charge is 0.480 e. The summed E-state index contributed by atoms with van der Waals surface area (Å²) in [6, 6.07) is 4.76. The first-order valence-corrected chi connectivity index (χ1v) is 6.50. The quantitative estimate of drug-likeness (QED) is 0.642. The lowest BCUT2D eigenvalue weighted by Crippen LogP contribution is -2.45. The van der Waals surface area contributed by atoms with Crippen LogP contribution in [0.5, 0.6) is 0 Å². The van der Waals surface area contributed by atoms with Crippen LogP contribution in [0.15, 0.2) is 24.3 Å². The molecule has 8 heteroatoms. The number of urea groups is 1. The van der Waals surface area contributed by atoms with Crippen LogP contribution < -0.4 is 5.32 Å². The van der Waals surface area contributed by atoms with Gasteiger partial charge in [-0.05, 0) is 12.8 Å². The first-order valence-electron chi connectivity index (χ1n) is 6.50. The summed E-state index contributed by atoms with van der Waals surface area (Å²) < 4.78 is 0. The maximum absolute atomic E-state index is 12.0. The van der Waals surface area contributed by atoms with Gasteiger partial charge in [0.1, 0.15) is 6.04 Å². The Balaban J connectivity index is 2.02. The fraction of sp³-hybridized carbons (Fsp3) is 0.385. The first-order chi connectivity index (χ1) is 10.0. The minimum Gasteiger partial charge on any atom is -0.480 e. The van der Waals surface area contributed by atoms with Crippen LogP contribution in [0.3, 0.4) is 0 Å². The van der Waals surface area contributed by atoms with Crippen molar-refractivity contribution in [2.45, 2.75) is 25.4 Å². The summed E-state index contributed by atoms with van der Waals surface area (Å²) in [5, 5.41) is 22.4. The third-order valence-corrected chi connectivity index (χ3v) is 3.42. The van der Waals surface area contributed by atoms with E-state index in [1.807, 2.05) is 0 Å². The van der Waals surface area contributed by atoms with Crippen LogP contribution in [-0.4, -0.2) is 39.5 Å². The Morgan fingerprint density at radius 3 is 2.81 bits per heavy atom. The molecule has 1 saturated heterocycles. The van der Waals surface area contributed by atoms with E-state index in [4.69, 9.17) is 5.11 Å². The average molecular weight is 293 g/mol. The number of nitrogens with one attached hydrogen (secondary N) is 1. The van der Waals surface area contributed by atoms with E-state index < -0.39 is 23.0 Å². The van der Waals surface area contributed by atoms with Crippen molar-refractivity contribution in [3.63, 3.8) is 0 Å². The van der Waals surface area contributed by atoms with Gasteiger partial charge in [0.2, 0.25) is 0 Å². The van der Waals surface area contributed by atoms with Gasteiger partial charge in [-0.1, -0.05) is 18.2 Å². The summed E-state index contributed by atoms with van der Waals surface area (Å²) in [7, 11) is 0. The van der Waals surface area contributed by atoms with Gasteiger partial charge >= 0.3 is 12.0 Å². The summed E-state index contributed by atoms with van der Waals surface area (Å²) in [6.07, 6.45) is 1.06. The van der Waals surface area contributed by atoms with Gasteiger partial charge in [0, 0.05) is 18.2 Å².